The molecule has 0 fully saturated rings. The molecule has 78 valence electrons. The summed E-state index contributed by atoms with van der Waals surface area (Å²) in [6.07, 6.45) is 4.62. The quantitative estimate of drug-likeness (QED) is 0.766. The van der Waals surface area contributed by atoms with E-state index >= 15 is 0 Å². The number of carboxylic acids is 1. The Balaban J connectivity index is 2.40. The van der Waals surface area contributed by atoms with Crippen molar-refractivity contribution >= 4 is 11.5 Å². The maximum Gasteiger partial charge on any atom is 0.305 e. The van der Waals surface area contributed by atoms with Gasteiger partial charge in [0.15, 0.2) is 0 Å². The lowest BCUT2D eigenvalue weighted by atomic mass is 10.4. The molecule has 2 aromatic rings. The van der Waals surface area contributed by atoms with Crippen molar-refractivity contribution in [1.82, 2.24) is 14.2 Å². The molecule has 2 rings (SSSR count). The van der Waals surface area contributed by atoms with E-state index in [4.69, 9.17) is 5.11 Å². The molecule has 0 aliphatic carbocycles. The lowest BCUT2D eigenvalue weighted by Gasteiger charge is -2.03. The summed E-state index contributed by atoms with van der Waals surface area (Å²) in [5.74, 6) is -0.921. The van der Waals surface area contributed by atoms with Crippen LogP contribution in [0.1, 0.15) is 6.42 Å². The molecule has 0 saturated heterocycles. The molecule has 2 aromatic heterocycles. The van der Waals surface area contributed by atoms with Gasteiger partial charge in [0, 0.05) is 18.9 Å². The highest BCUT2D eigenvalue weighted by Gasteiger charge is 2.04. The van der Waals surface area contributed by atoms with Crippen molar-refractivity contribution in [2.24, 2.45) is 0 Å². The summed E-state index contributed by atoms with van der Waals surface area (Å²) in [5.41, 5.74) is 0.221. The zero-order valence-corrected chi connectivity index (χ0v) is 7.83. The van der Waals surface area contributed by atoms with Crippen molar-refractivity contribution < 1.29 is 9.90 Å². The van der Waals surface area contributed by atoms with Gasteiger partial charge in [0.1, 0.15) is 5.52 Å². The number of aryl methyl sites for hydroxylation is 1. The van der Waals surface area contributed by atoms with Crippen LogP contribution in [0.5, 0.6) is 0 Å². The third-order valence-electron chi connectivity index (χ3n) is 2.10. The molecular formula is C9H9N3O3. The van der Waals surface area contributed by atoms with Crippen LogP contribution in [0.25, 0.3) is 5.52 Å². The van der Waals surface area contributed by atoms with Crippen molar-refractivity contribution in [3.05, 3.63) is 35.0 Å². The number of hydrogen-bond acceptors (Lipinski definition) is 3. The van der Waals surface area contributed by atoms with Gasteiger partial charge in [-0.3, -0.25) is 9.59 Å². The van der Waals surface area contributed by atoms with Crippen LogP contribution >= 0.6 is 0 Å². The van der Waals surface area contributed by atoms with Gasteiger partial charge >= 0.3 is 5.97 Å². The van der Waals surface area contributed by atoms with Gasteiger partial charge in [-0.25, -0.2) is 4.52 Å². The summed E-state index contributed by atoms with van der Waals surface area (Å²) in [7, 11) is 0. The van der Waals surface area contributed by atoms with Crippen LogP contribution in [-0.2, 0) is 11.3 Å². The van der Waals surface area contributed by atoms with Crippen molar-refractivity contribution in [3.63, 3.8) is 0 Å². The molecule has 0 radical (unpaired) electrons. The minimum absolute atomic E-state index is 0.0653. The van der Waals surface area contributed by atoms with Crippen molar-refractivity contribution in [2.75, 3.05) is 0 Å². The van der Waals surface area contributed by atoms with Crippen LogP contribution < -0.4 is 5.56 Å². The van der Waals surface area contributed by atoms with E-state index in [9.17, 15) is 9.59 Å². The Labute approximate surface area is 84.4 Å². The first-order chi connectivity index (χ1) is 7.18. The summed E-state index contributed by atoms with van der Waals surface area (Å²) in [5, 5.41) is 12.4. The van der Waals surface area contributed by atoms with Crippen molar-refractivity contribution in [1.29, 1.82) is 0 Å². The third kappa shape index (κ3) is 1.74. The van der Waals surface area contributed by atoms with E-state index in [1.807, 2.05) is 0 Å². The van der Waals surface area contributed by atoms with Crippen LogP contribution in [0, 0.1) is 0 Å². The minimum Gasteiger partial charge on any atom is -0.481 e. The molecule has 0 aromatic carbocycles. The zero-order valence-electron chi connectivity index (χ0n) is 7.83. The maximum absolute atomic E-state index is 11.7. The van der Waals surface area contributed by atoms with E-state index in [1.54, 1.807) is 12.3 Å². The van der Waals surface area contributed by atoms with E-state index in [0.29, 0.717) is 5.52 Å². The van der Waals surface area contributed by atoms with Crippen LogP contribution in [0.4, 0.5) is 0 Å². The number of nitrogens with zero attached hydrogens (tertiary/aromatic N) is 3. The van der Waals surface area contributed by atoms with E-state index in [-0.39, 0.29) is 18.5 Å². The topological polar surface area (TPSA) is 76.6 Å². The standard InChI is InChI=1S/C9H9N3O3/c13-8(14)2-4-11-5-6-12-7(9(11)15)1-3-10-12/h1,3,5-6H,2,4H2,(H,13,14). The number of carbonyl (C=O) groups is 1. The second-order valence-corrected chi connectivity index (χ2v) is 3.10. The Hall–Kier alpha value is -2.11. The van der Waals surface area contributed by atoms with E-state index in [0.717, 1.165) is 0 Å². The summed E-state index contributed by atoms with van der Waals surface area (Å²) in [6.45, 7) is 0.176. The molecule has 6 heteroatoms. The molecule has 0 spiro atoms. The average molecular weight is 207 g/mol. The lowest BCUT2D eigenvalue weighted by molar-refractivity contribution is -0.137. The van der Waals surface area contributed by atoms with Crippen LogP contribution in [0.15, 0.2) is 29.5 Å². The van der Waals surface area contributed by atoms with Gasteiger partial charge < -0.3 is 9.67 Å². The van der Waals surface area contributed by atoms with Crippen molar-refractivity contribution in [2.45, 2.75) is 13.0 Å². The first-order valence-corrected chi connectivity index (χ1v) is 4.43. The Morgan fingerprint density at radius 3 is 3.00 bits per heavy atom. The minimum atomic E-state index is -0.921. The summed E-state index contributed by atoms with van der Waals surface area (Å²) in [6, 6.07) is 1.60. The number of aliphatic carboxylic acids is 1. The Kier molecular flexibility index (Phi) is 2.24. The van der Waals surface area contributed by atoms with E-state index in [1.165, 1.54) is 21.5 Å². The Morgan fingerprint density at radius 1 is 1.47 bits per heavy atom. The molecule has 0 saturated carbocycles. The smallest absolute Gasteiger partial charge is 0.305 e. The fourth-order valence-electron chi connectivity index (χ4n) is 1.35. The van der Waals surface area contributed by atoms with Crippen LogP contribution in [0.2, 0.25) is 0 Å². The molecule has 2 heterocycles. The van der Waals surface area contributed by atoms with E-state index < -0.39 is 5.97 Å². The van der Waals surface area contributed by atoms with Crippen molar-refractivity contribution in [3.8, 4) is 0 Å². The summed E-state index contributed by atoms with van der Waals surface area (Å²) in [4.78, 5) is 22.1. The monoisotopic (exact) mass is 207 g/mol. The predicted molar refractivity (Wildman–Crippen MR) is 51.7 cm³/mol. The van der Waals surface area contributed by atoms with Gasteiger partial charge in [0.25, 0.3) is 5.56 Å². The fourth-order valence-corrected chi connectivity index (χ4v) is 1.35. The molecule has 0 unspecified atom stereocenters. The predicted octanol–water partition coefficient (Wildman–Crippen LogP) is -0.0293. The molecular weight excluding hydrogens is 198 g/mol. The number of aromatic nitrogens is 3. The van der Waals surface area contributed by atoms with Crippen LogP contribution in [-0.4, -0.2) is 25.3 Å². The lowest BCUT2D eigenvalue weighted by Crippen LogP contribution is -2.22. The molecule has 0 aliphatic heterocycles. The molecule has 0 aliphatic rings. The molecule has 0 amide bonds. The van der Waals surface area contributed by atoms with Gasteiger partial charge in [-0.1, -0.05) is 0 Å². The number of carboxylic acid groups (broad SMARTS) is 1. The number of fused-ring (bicyclic) bond motifs is 1. The molecule has 6 nitrogen and oxygen atoms in total. The Bertz CT molecular complexity index is 555. The summed E-state index contributed by atoms with van der Waals surface area (Å²) < 4.78 is 2.82. The highest BCUT2D eigenvalue weighted by Crippen LogP contribution is 1.95. The maximum atomic E-state index is 11.7. The normalized spacial score (nSPS) is 10.7. The summed E-state index contributed by atoms with van der Waals surface area (Å²) >= 11 is 0. The first kappa shape index (κ1) is 9.45. The molecule has 15 heavy (non-hydrogen) atoms. The fraction of sp³-hybridized carbons (Fsp3) is 0.222. The van der Waals surface area contributed by atoms with Gasteiger partial charge in [0.05, 0.1) is 12.6 Å². The van der Waals surface area contributed by atoms with Gasteiger partial charge in [-0.2, -0.15) is 5.10 Å². The van der Waals surface area contributed by atoms with Crippen LogP contribution in [0.3, 0.4) is 0 Å². The molecule has 1 N–H and O–H groups in total. The number of rotatable bonds is 3. The third-order valence-corrected chi connectivity index (χ3v) is 2.10. The first-order valence-electron chi connectivity index (χ1n) is 4.43. The van der Waals surface area contributed by atoms with Gasteiger partial charge in [-0.15, -0.1) is 0 Å². The second kappa shape index (κ2) is 3.56. The SMILES string of the molecule is O=C(O)CCn1ccn2nccc2c1=O. The van der Waals surface area contributed by atoms with E-state index in [2.05, 4.69) is 5.10 Å². The van der Waals surface area contributed by atoms with Gasteiger partial charge in [-0.05, 0) is 6.07 Å². The average Bonchev–Trinajstić information content (AvgIpc) is 2.65. The Morgan fingerprint density at radius 2 is 2.27 bits per heavy atom. The molecule has 0 bridgehead atoms. The second-order valence-electron chi connectivity index (χ2n) is 3.10. The van der Waals surface area contributed by atoms with Gasteiger partial charge in [0.2, 0.25) is 0 Å². The highest BCUT2D eigenvalue weighted by atomic mass is 16.4. The highest BCUT2D eigenvalue weighted by molar-refractivity contribution is 5.66. The molecule has 0 atom stereocenters. The zero-order chi connectivity index (χ0) is 10.8. The largest absolute Gasteiger partial charge is 0.481 e. The number of hydrogen-bond donors (Lipinski definition) is 1.